The van der Waals surface area contributed by atoms with Gasteiger partial charge in [0.15, 0.2) is 12.7 Å². The zero-order valence-corrected chi connectivity index (χ0v) is 12.3. The predicted octanol–water partition coefficient (Wildman–Crippen LogP) is -1.39. The van der Waals surface area contributed by atoms with Crippen LogP contribution in [-0.2, 0) is 25.9 Å². The summed E-state index contributed by atoms with van der Waals surface area (Å²) in [6.07, 6.45) is 3.28. The van der Waals surface area contributed by atoms with E-state index in [4.69, 9.17) is 4.74 Å². The van der Waals surface area contributed by atoms with Gasteiger partial charge in [-0.05, 0) is 5.10 Å². The Morgan fingerprint density at radius 3 is 2.81 bits per heavy atom. The highest BCUT2D eigenvalue weighted by atomic mass is 32.3. The highest BCUT2D eigenvalue weighted by Crippen LogP contribution is 1.93. The Hall–Kier alpha value is -1.62. The Kier molecular flexibility index (Phi) is 7.15. The summed E-state index contributed by atoms with van der Waals surface area (Å²) in [6, 6.07) is 1.58. The molecule has 1 aromatic heterocycles. The molecule has 0 aliphatic carbocycles. The number of hydrogen-bond acceptors (Lipinski definition) is 7. The van der Waals surface area contributed by atoms with Crippen molar-refractivity contribution >= 4 is 16.3 Å². The third-order valence-electron chi connectivity index (χ3n) is 2.38. The molecule has 0 spiro atoms. The van der Waals surface area contributed by atoms with Crippen LogP contribution >= 0.6 is 0 Å². The number of ether oxygens (including phenoxy) is 1. The molecule has 0 atom stereocenters. The first-order chi connectivity index (χ1) is 9.92. The molecule has 0 saturated heterocycles. The van der Waals surface area contributed by atoms with Gasteiger partial charge in [-0.2, -0.15) is 0 Å². The van der Waals surface area contributed by atoms with Crippen molar-refractivity contribution in [2.24, 2.45) is 0 Å². The van der Waals surface area contributed by atoms with Crippen molar-refractivity contribution in [1.82, 2.24) is 10.4 Å². The van der Waals surface area contributed by atoms with Crippen molar-refractivity contribution in [3.63, 3.8) is 0 Å². The van der Waals surface area contributed by atoms with E-state index in [2.05, 4.69) is 14.6 Å². The van der Waals surface area contributed by atoms with Crippen LogP contribution in [0.15, 0.2) is 18.5 Å². The quantitative estimate of drug-likeness (QED) is 0.257. The van der Waals surface area contributed by atoms with Gasteiger partial charge >= 0.3 is 0 Å². The largest absolute Gasteiger partial charge is 0.726 e. The monoisotopic (exact) mass is 319 g/mol. The Bertz CT molecular complexity index is 546. The van der Waals surface area contributed by atoms with Crippen LogP contribution in [0.4, 0.5) is 0 Å². The second-order valence-corrected chi connectivity index (χ2v) is 5.06. The fourth-order valence-corrected chi connectivity index (χ4v) is 1.73. The van der Waals surface area contributed by atoms with E-state index < -0.39 is 10.4 Å². The molecule has 0 radical (unpaired) electrons. The zero-order valence-electron chi connectivity index (χ0n) is 11.5. The van der Waals surface area contributed by atoms with Crippen LogP contribution < -0.4 is 10.00 Å². The summed E-state index contributed by atoms with van der Waals surface area (Å²) in [5.74, 6) is -0.257. The smallest absolute Gasteiger partial charge is 0.253 e. The highest BCUT2D eigenvalue weighted by molar-refractivity contribution is 7.80. The summed E-state index contributed by atoms with van der Waals surface area (Å²) in [4.78, 5) is 11.7. The maximum atomic E-state index is 11.7. The molecule has 0 saturated carbocycles. The van der Waals surface area contributed by atoms with Crippen molar-refractivity contribution in [2.45, 2.75) is 13.0 Å². The Morgan fingerprint density at radius 1 is 1.48 bits per heavy atom. The summed E-state index contributed by atoms with van der Waals surface area (Å²) < 4.78 is 41.0. The number of aromatic nitrogens is 2. The average Bonchev–Trinajstić information content (AvgIpc) is 2.43. The molecule has 0 fully saturated rings. The van der Waals surface area contributed by atoms with Gasteiger partial charge in [-0.25, -0.2) is 8.42 Å². The molecule has 118 valence electrons. The topological polar surface area (TPSA) is 122 Å². The molecule has 21 heavy (non-hydrogen) atoms. The normalized spacial score (nSPS) is 11.3. The summed E-state index contributed by atoms with van der Waals surface area (Å²) in [7, 11) is -3.11. The molecule has 9 nitrogen and oxygen atoms in total. The minimum atomic E-state index is -4.65. The molecule has 1 amide bonds. The van der Waals surface area contributed by atoms with Gasteiger partial charge in [0.1, 0.15) is 6.20 Å². The fraction of sp³-hybridized carbons (Fsp3) is 0.545. The van der Waals surface area contributed by atoms with Crippen LogP contribution in [0.3, 0.4) is 0 Å². The van der Waals surface area contributed by atoms with Crippen LogP contribution in [0.2, 0.25) is 0 Å². The molecule has 1 aromatic rings. The van der Waals surface area contributed by atoms with E-state index in [9.17, 15) is 17.8 Å². The van der Waals surface area contributed by atoms with E-state index >= 15 is 0 Å². The molecular formula is C11H17N3O6S. The minimum absolute atomic E-state index is 0.209. The summed E-state index contributed by atoms with van der Waals surface area (Å²) in [6.45, 7) is 0.987. The third-order valence-corrected chi connectivity index (χ3v) is 2.84. The highest BCUT2D eigenvalue weighted by Gasteiger charge is 2.09. The van der Waals surface area contributed by atoms with Crippen LogP contribution in [-0.4, -0.2) is 50.8 Å². The van der Waals surface area contributed by atoms with Gasteiger partial charge in [-0.1, -0.05) is 4.68 Å². The molecule has 0 unspecified atom stereocenters. The molecule has 10 heteroatoms. The van der Waals surface area contributed by atoms with E-state index in [0.29, 0.717) is 31.7 Å². The number of aryl methyl sites for hydroxylation is 1. The van der Waals surface area contributed by atoms with Crippen molar-refractivity contribution in [1.29, 1.82) is 0 Å². The second kappa shape index (κ2) is 8.62. The van der Waals surface area contributed by atoms with Crippen molar-refractivity contribution in [2.75, 3.05) is 26.9 Å². The third kappa shape index (κ3) is 7.66. The lowest BCUT2D eigenvalue weighted by atomic mass is 10.3. The molecule has 0 aliphatic heterocycles. The van der Waals surface area contributed by atoms with Crippen LogP contribution in [0.5, 0.6) is 0 Å². The van der Waals surface area contributed by atoms with Gasteiger partial charge in [0.25, 0.3) is 5.91 Å². The number of methoxy groups -OCH3 is 1. The molecule has 0 aliphatic rings. The number of rotatable bonds is 9. The van der Waals surface area contributed by atoms with Crippen molar-refractivity contribution < 1.29 is 31.4 Å². The van der Waals surface area contributed by atoms with Crippen molar-refractivity contribution in [3.05, 3.63) is 24.0 Å². The number of carbonyl (C=O) groups excluding carboxylic acids is 1. The summed E-state index contributed by atoms with van der Waals surface area (Å²) in [5, 5.41) is 6.66. The molecule has 0 aromatic carbocycles. The number of nitrogens with zero attached hydrogens (tertiary/aromatic N) is 2. The first-order valence-corrected chi connectivity index (χ1v) is 7.49. The van der Waals surface area contributed by atoms with E-state index in [-0.39, 0.29) is 12.5 Å². The van der Waals surface area contributed by atoms with Gasteiger partial charge in [-0.3, -0.25) is 8.98 Å². The molecule has 1 heterocycles. The SMILES string of the molecule is COCCNC(=O)c1cc[n+](CCCOS(=O)(=O)[O-])nc1. The van der Waals surface area contributed by atoms with Crippen molar-refractivity contribution in [3.8, 4) is 0 Å². The second-order valence-electron chi connectivity index (χ2n) is 4.01. The maximum Gasteiger partial charge on any atom is 0.253 e. The predicted molar refractivity (Wildman–Crippen MR) is 68.9 cm³/mol. The lowest BCUT2D eigenvalue weighted by molar-refractivity contribution is -0.754. The summed E-state index contributed by atoms with van der Waals surface area (Å²) >= 11 is 0. The fourth-order valence-electron chi connectivity index (χ4n) is 1.41. The number of hydrogen-bond donors (Lipinski definition) is 1. The van der Waals surface area contributed by atoms with Gasteiger partial charge in [0.05, 0.1) is 18.8 Å². The van der Waals surface area contributed by atoms with Gasteiger partial charge in [0.2, 0.25) is 10.4 Å². The lowest BCUT2D eigenvalue weighted by Gasteiger charge is -2.05. The lowest BCUT2D eigenvalue weighted by Crippen LogP contribution is -2.39. The zero-order chi connectivity index (χ0) is 15.7. The van der Waals surface area contributed by atoms with Gasteiger partial charge < -0.3 is 14.6 Å². The van der Waals surface area contributed by atoms with Crippen LogP contribution in [0.25, 0.3) is 0 Å². The number of nitrogens with one attached hydrogen (secondary N) is 1. The standard InChI is InChI=1S/C11H17N3O6S/c1-19-8-4-12-11(15)10-3-6-14(13-9-10)5-2-7-20-21(16,17)18/h3,6,9H,2,4-5,7-8H2,1H3,(H-,12,15,16,17,18). The van der Waals surface area contributed by atoms with E-state index in [1.54, 1.807) is 19.4 Å². The average molecular weight is 319 g/mol. The maximum absolute atomic E-state index is 11.7. The Labute approximate surface area is 122 Å². The molecule has 1 rings (SSSR count). The van der Waals surface area contributed by atoms with E-state index in [1.807, 2.05) is 0 Å². The summed E-state index contributed by atoms with van der Waals surface area (Å²) in [5.41, 5.74) is 0.403. The number of amides is 1. The Balaban J connectivity index is 2.38. The first kappa shape index (κ1) is 17.4. The molecule has 0 bridgehead atoms. The molecular weight excluding hydrogens is 302 g/mol. The van der Waals surface area contributed by atoms with Crippen LogP contribution in [0, 0.1) is 0 Å². The Morgan fingerprint density at radius 2 is 2.24 bits per heavy atom. The van der Waals surface area contributed by atoms with Gasteiger partial charge in [0, 0.05) is 26.1 Å². The van der Waals surface area contributed by atoms with E-state index in [0.717, 1.165) is 0 Å². The van der Waals surface area contributed by atoms with E-state index in [1.165, 1.54) is 10.9 Å². The van der Waals surface area contributed by atoms with Crippen LogP contribution in [0.1, 0.15) is 16.8 Å². The van der Waals surface area contributed by atoms with Gasteiger partial charge in [-0.15, -0.1) is 0 Å². The molecule has 1 N–H and O–H groups in total. The number of carbonyl (C=O) groups is 1. The first-order valence-electron chi connectivity index (χ1n) is 6.15. The minimum Gasteiger partial charge on any atom is -0.726 e.